The highest BCUT2D eigenvalue weighted by Crippen LogP contribution is 2.23. The van der Waals surface area contributed by atoms with Crippen LogP contribution in [0.2, 0.25) is 0 Å². The molecule has 0 saturated carbocycles. The zero-order chi connectivity index (χ0) is 11.7. The van der Waals surface area contributed by atoms with Crippen LogP contribution in [0.15, 0.2) is 12.2 Å². The van der Waals surface area contributed by atoms with Gasteiger partial charge in [0.2, 0.25) is 5.91 Å². The summed E-state index contributed by atoms with van der Waals surface area (Å²) >= 11 is 0. The van der Waals surface area contributed by atoms with Gasteiger partial charge in [0.25, 0.3) is 0 Å². The highest BCUT2D eigenvalue weighted by molar-refractivity contribution is 5.85. The standard InChI is InChI=1S/C13H25NO.ClH/c1-4-6-7-8-10-12(9-5-2)11(3)13(14)15;/h4,6,11-12H,5,7-10H2,1-3H3,(H2,14,15);1H. The molecule has 0 aromatic carbocycles. The highest BCUT2D eigenvalue weighted by Gasteiger charge is 2.20. The average Bonchev–Trinajstić information content (AvgIpc) is 2.21. The predicted molar refractivity (Wildman–Crippen MR) is 72.7 cm³/mol. The third kappa shape index (κ3) is 7.75. The first kappa shape index (κ1) is 17.9. The van der Waals surface area contributed by atoms with Gasteiger partial charge in [-0.1, -0.05) is 32.4 Å². The molecule has 96 valence electrons. The summed E-state index contributed by atoms with van der Waals surface area (Å²) < 4.78 is 0. The number of primary amides is 1. The summed E-state index contributed by atoms with van der Waals surface area (Å²) in [7, 11) is 0. The Morgan fingerprint density at radius 3 is 2.44 bits per heavy atom. The molecule has 2 N–H and O–H groups in total. The van der Waals surface area contributed by atoms with Crippen molar-refractivity contribution in [1.29, 1.82) is 0 Å². The van der Waals surface area contributed by atoms with Crippen LogP contribution in [-0.2, 0) is 4.79 Å². The van der Waals surface area contributed by atoms with E-state index in [0.717, 1.165) is 32.1 Å². The first-order chi connectivity index (χ1) is 7.13. The summed E-state index contributed by atoms with van der Waals surface area (Å²) in [6, 6.07) is 0. The zero-order valence-electron chi connectivity index (χ0n) is 10.7. The Hall–Kier alpha value is -0.500. The number of rotatable bonds is 8. The summed E-state index contributed by atoms with van der Waals surface area (Å²) in [4.78, 5) is 11.1. The summed E-state index contributed by atoms with van der Waals surface area (Å²) in [6.45, 7) is 6.15. The summed E-state index contributed by atoms with van der Waals surface area (Å²) in [5, 5.41) is 0. The van der Waals surface area contributed by atoms with Crippen LogP contribution in [0.3, 0.4) is 0 Å². The molecule has 3 heteroatoms. The van der Waals surface area contributed by atoms with Crippen LogP contribution in [0.1, 0.15) is 52.9 Å². The molecule has 2 atom stereocenters. The molecule has 0 radical (unpaired) electrons. The first-order valence-electron chi connectivity index (χ1n) is 6.03. The minimum Gasteiger partial charge on any atom is -0.369 e. The molecule has 2 unspecified atom stereocenters. The van der Waals surface area contributed by atoms with Gasteiger partial charge in [-0.3, -0.25) is 4.79 Å². The number of amides is 1. The molecule has 0 saturated heterocycles. The van der Waals surface area contributed by atoms with Gasteiger partial charge < -0.3 is 5.73 Å². The molecule has 0 rings (SSSR count). The summed E-state index contributed by atoms with van der Waals surface area (Å²) in [5.74, 6) is 0.341. The van der Waals surface area contributed by atoms with E-state index in [0.29, 0.717) is 5.92 Å². The van der Waals surface area contributed by atoms with Crippen molar-refractivity contribution in [2.45, 2.75) is 52.9 Å². The summed E-state index contributed by atoms with van der Waals surface area (Å²) in [6.07, 6.45) is 9.88. The van der Waals surface area contributed by atoms with Gasteiger partial charge in [0.1, 0.15) is 0 Å². The van der Waals surface area contributed by atoms with E-state index in [2.05, 4.69) is 19.1 Å². The minimum atomic E-state index is -0.153. The van der Waals surface area contributed by atoms with E-state index in [1.807, 2.05) is 13.8 Å². The van der Waals surface area contributed by atoms with E-state index in [9.17, 15) is 4.79 Å². The SMILES string of the molecule is CC=CCCCC(CCC)C(C)C(N)=O.Cl. The number of carbonyl (C=O) groups is 1. The summed E-state index contributed by atoms with van der Waals surface area (Å²) in [5.41, 5.74) is 5.34. The Labute approximate surface area is 106 Å². The highest BCUT2D eigenvalue weighted by atomic mass is 35.5. The Kier molecular flexibility index (Phi) is 12.3. The Morgan fingerprint density at radius 1 is 1.38 bits per heavy atom. The van der Waals surface area contributed by atoms with Crippen LogP contribution in [-0.4, -0.2) is 5.91 Å². The van der Waals surface area contributed by atoms with Gasteiger partial charge in [-0.15, -0.1) is 12.4 Å². The second kappa shape index (κ2) is 11.0. The van der Waals surface area contributed by atoms with Crippen molar-refractivity contribution < 1.29 is 4.79 Å². The number of nitrogens with two attached hydrogens (primary N) is 1. The molecule has 0 spiro atoms. The monoisotopic (exact) mass is 247 g/mol. The Morgan fingerprint density at radius 2 is 2.00 bits per heavy atom. The quantitative estimate of drug-likeness (QED) is 0.516. The van der Waals surface area contributed by atoms with Crippen LogP contribution in [0.4, 0.5) is 0 Å². The fourth-order valence-corrected chi connectivity index (χ4v) is 1.91. The smallest absolute Gasteiger partial charge is 0.220 e. The van der Waals surface area contributed by atoms with Crippen molar-refractivity contribution >= 4 is 18.3 Å². The van der Waals surface area contributed by atoms with Crippen molar-refractivity contribution in [2.24, 2.45) is 17.6 Å². The molecule has 16 heavy (non-hydrogen) atoms. The van der Waals surface area contributed by atoms with Gasteiger partial charge >= 0.3 is 0 Å². The molecule has 0 aliphatic carbocycles. The van der Waals surface area contributed by atoms with Crippen LogP contribution in [0.25, 0.3) is 0 Å². The molecule has 0 aliphatic rings. The fraction of sp³-hybridized carbons (Fsp3) is 0.769. The average molecular weight is 248 g/mol. The maximum atomic E-state index is 11.1. The lowest BCUT2D eigenvalue weighted by atomic mass is 9.85. The van der Waals surface area contributed by atoms with E-state index in [-0.39, 0.29) is 24.2 Å². The number of unbranched alkanes of at least 4 members (excludes halogenated alkanes) is 1. The van der Waals surface area contributed by atoms with Gasteiger partial charge in [0, 0.05) is 5.92 Å². The van der Waals surface area contributed by atoms with E-state index >= 15 is 0 Å². The third-order valence-electron chi connectivity index (χ3n) is 3.00. The molecule has 1 amide bonds. The molecule has 0 aliphatic heterocycles. The second-order valence-electron chi connectivity index (χ2n) is 4.24. The van der Waals surface area contributed by atoms with Crippen molar-refractivity contribution in [3.05, 3.63) is 12.2 Å². The number of halogens is 1. The molecular weight excluding hydrogens is 222 g/mol. The van der Waals surface area contributed by atoms with Crippen LogP contribution in [0, 0.1) is 11.8 Å². The van der Waals surface area contributed by atoms with Gasteiger partial charge in [0.15, 0.2) is 0 Å². The van der Waals surface area contributed by atoms with E-state index in [1.165, 1.54) is 0 Å². The fourth-order valence-electron chi connectivity index (χ4n) is 1.91. The molecule has 0 aromatic rings. The lowest BCUT2D eigenvalue weighted by Gasteiger charge is -2.20. The van der Waals surface area contributed by atoms with Crippen molar-refractivity contribution in [3.63, 3.8) is 0 Å². The van der Waals surface area contributed by atoms with E-state index < -0.39 is 0 Å². The maximum absolute atomic E-state index is 11.1. The van der Waals surface area contributed by atoms with E-state index in [1.54, 1.807) is 0 Å². The second-order valence-corrected chi connectivity index (χ2v) is 4.24. The number of hydrogen-bond acceptors (Lipinski definition) is 1. The Bertz CT molecular complexity index is 204. The van der Waals surface area contributed by atoms with Crippen LogP contribution < -0.4 is 5.73 Å². The first-order valence-corrected chi connectivity index (χ1v) is 6.03. The topological polar surface area (TPSA) is 43.1 Å². The molecule has 0 aromatic heterocycles. The van der Waals surface area contributed by atoms with Crippen molar-refractivity contribution in [2.75, 3.05) is 0 Å². The minimum absolute atomic E-state index is 0. The third-order valence-corrected chi connectivity index (χ3v) is 3.00. The molecular formula is C13H26ClNO. The molecule has 2 nitrogen and oxygen atoms in total. The normalized spacial score (nSPS) is 14.4. The van der Waals surface area contributed by atoms with Gasteiger partial charge in [0.05, 0.1) is 0 Å². The maximum Gasteiger partial charge on any atom is 0.220 e. The zero-order valence-corrected chi connectivity index (χ0v) is 11.6. The lowest BCUT2D eigenvalue weighted by molar-refractivity contribution is -0.123. The Balaban J connectivity index is 0. The lowest BCUT2D eigenvalue weighted by Crippen LogP contribution is -2.27. The molecule has 0 heterocycles. The van der Waals surface area contributed by atoms with Crippen molar-refractivity contribution in [3.8, 4) is 0 Å². The van der Waals surface area contributed by atoms with Gasteiger partial charge in [-0.05, 0) is 38.5 Å². The van der Waals surface area contributed by atoms with Gasteiger partial charge in [-0.2, -0.15) is 0 Å². The van der Waals surface area contributed by atoms with Crippen molar-refractivity contribution in [1.82, 2.24) is 0 Å². The number of hydrogen-bond donors (Lipinski definition) is 1. The van der Waals surface area contributed by atoms with Crippen LogP contribution >= 0.6 is 12.4 Å². The van der Waals surface area contributed by atoms with Gasteiger partial charge in [-0.25, -0.2) is 0 Å². The number of allylic oxidation sites excluding steroid dienone is 2. The largest absolute Gasteiger partial charge is 0.369 e. The molecule has 0 bridgehead atoms. The van der Waals surface area contributed by atoms with Crippen LogP contribution in [0.5, 0.6) is 0 Å². The predicted octanol–water partition coefficient (Wildman–Crippen LogP) is 3.69. The molecule has 0 fully saturated rings. The number of carbonyl (C=O) groups excluding carboxylic acids is 1. The van der Waals surface area contributed by atoms with E-state index in [4.69, 9.17) is 5.73 Å².